The number of amides is 1. The van der Waals surface area contributed by atoms with Crippen molar-refractivity contribution >= 4 is 15.9 Å². The summed E-state index contributed by atoms with van der Waals surface area (Å²) in [5.41, 5.74) is 0.754. The topological polar surface area (TPSA) is 93.9 Å². The second-order valence-corrected chi connectivity index (χ2v) is 6.91. The maximum atomic E-state index is 12.9. The second-order valence-electron chi connectivity index (χ2n) is 5.07. The third kappa shape index (κ3) is 3.72. The molecule has 0 unspecified atom stereocenters. The molecular weight excluding hydrogens is 347 g/mol. The van der Waals surface area contributed by atoms with Crippen molar-refractivity contribution in [2.75, 3.05) is 0 Å². The minimum Gasteiger partial charge on any atom is -0.346 e. The lowest BCUT2D eigenvalue weighted by Crippen LogP contribution is -2.23. The van der Waals surface area contributed by atoms with Crippen LogP contribution in [-0.2, 0) is 16.6 Å². The van der Waals surface area contributed by atoms with Gasteiger partial charge in [0.1, 0.15) is 5.82 Å². The van der Waals surface area contributed by atoms with E-state index in [1.54, 1.807) is 0 Å². The first-order valence-corrected chi connectivity index (χ1v) is 8.63. The first kappa shape index (κ1) is 16.8. The van der Waals surface area contributed by atoms with E-state index in [2.05, 4.69) is 15.3 Å². The Kier molecular flexibility index (Phi) is 4.57. The highest BCUT2D eigenvalue weighted by atomic mass is 32.2. The minimum absolute atomic E-state index is 0.0731. The quantitative estimate of drug-likeness (QED) is 0.746. The summed E-state index contributed by atoms with van der Waals surface area (Å²) in [5.74, 6) is -0.978. The van der Waals surface area contributed by atoms with Crippen LogP contribution in [0.2, 0.25) is 0 Å². The lowest BCUT2D eigenvalue weighted by atomic mass is 10.3. The van der Waals surface area contributed by atoms with Crippen molar-refractivity contribution in [3.63, 3.8) is 0 Å². The first-order valence-electron chi connectivity index (χ1n) is 7.19. The minimum atomic E-state index is -3.89. The molecule has 0 bridgehead atoms. The molecule has 1 amide bonds. The first-order chi connectivity index (χ1) is 12.0. The summed E-state index contributed by atoms with van der Waals surface area (Å²) in [5, 5.41) is 2.63. The van der Waals surface area contributed by atoms with Crippen LogP contribution in [0.25, 0.3) is 0 Å². The summed E-state index contributed by atoms with van der Waals surface area (Å²) in [4.78, 5) is 20.0. The molecule has 9 heteroatoms. The van der Waals surface area contributed by atoms with Gasteiger partial charge in [-0.2, -0.15) is 0 Å². The molecule has 0 fully saturated rings. The SMILES string of the molecule is O=C(NCc1cnccn1)c1ccn(S(=O)(=O)c2ccc(F)cc2)c1. The molecule has 3 rings (SSSR count). The molecule has 25 heavy (non-hydrogen) atoms. The maximum absolute atomic E-state index is 12.9. The zero-order valence-corrected chi connectivity index (χ0v) is 13.6. The molecule has 0 atom stereocenters. The number of hydrogen-bond donors (Lipinski definition) is 1. The second kappa shape index (κ2) is 6.81. The number of nitrogens with one attached hydrogen (secondary N) is 1. The average molecular weight is 360 g/mol. The van der Waals surface area contributed by atoms with Gasteiger partial charge in [0.25, 0.3) is 15.9 Å². The van der Waals surface area contributed by atoms with Crippen LogP contribution in [0.4, 0.5) is 4.39 Å². The number of hydrogen-bond acceptors (Lipinski definition) is 5. The van der Waals surface area contributed by atoms with Gasteiger partial charge in [-0.05, 0) is 30.3 Å². The number of benzene rings is 1. The third-order valence-corrected chi connectivity index (χ3v) is 5.02. The van der Waals surface area contributed by atoms with Crippen molar-refractivity contribution in [2.24, 2.45) is 0 Å². The van der Waals surface area contributed by atoms with Crippen molar-refractivity contribution < 1.29 is 17.6 Å². The van der Waals surface area contributed by atoms with Crippen LogP contribution >= 0.6 is 0 Å². The van der Waals surface area contributed by atoms with Gasteiger partial charge < -0.3 is 5.32 Å². The van der Waals surface area contributed by atoms with Crippen molar-refractivity contribution in [1.82, 2.24) is 19.3 Å². The molecule has 0 saturated heterocycles. The molecule has 3 aromatic rings. The largest absolute Gasteiger partial charge is 0.346 e. The van der Waals surface area contributed by atoms with Crippen LogP contribution in [0, 0.1) is 5.82 Å². The molecule has 0 radical (unpaired) electrons. The predicted octanol–water partition coefficient (Wildman–Crippen LogP) is 1.58. The number of carbonyl (C=O) groups excluding carboxylic acids is 1. The van der Waals surface area contributed by atoms with E-state index >= 15 is 0 Å². The normalized spacial score (nSPS) is 11.2. The highest BCUT2D eigenvalue weighted by Crippen LogP contribution is 2.15. The molecule has 1 aromatic carbocycles. The standard InChI is InChI=1S/C16H13FN4O3S/c17-13-1-3-15(4-2-13)25(23,24)21-8-5-12(11-21)16(22)20-10-14-9-18-6-7-19-14/h1-9,11H,10H2,(H,20,22). The zero-order valence-electron chi connectivity index (χ0n) is 12.8. The van der Waals surface area contributed by atoms with Crippen LogP contribution in [0.1, 0.15) is 16.1 Å². The molecule has 0 aliphatic rings. The van der Waals surface area contributed by atoms with E-state index in [-0.39, 0.29) is 17.0 Å². The number of rotatable bonds is 5. The molecule has 0 aliphatic heterocycles. The summed E-state index contributed by atoms with van der Waals surface area (Å²) < 4.78 is 38.8. The van der Waals surface area contributed by atoms with Gasteiger partial charge in [-0.25, -0.2) is 16.8 Å². The van der Waals surface area contributed by atoms with Gasteiger partial charge in [-0.1, -0.05) is 0 Å². The Bertz CT molecular complexity index is 986. The van der Waals surface area contributed by atoms with E-state index < -0.39 is 21.7 Å². The van der Waals surface area contributed by atoms with Gasteiger partial charge in [-0.3, -0.25) is 14.8 Å². The van der Waals surface area contributed by atoms with Crippen LogP contribution in [0.3, 0.4) is 0 Å². The van der Waals surface area contributed by atoms with Crippen LogP contribution < -0.4 is 5.32 Å². The van der Waals surface area contributed by atoms with Crippen LogP contribution in [0.15, 0.2) is 66.2 Å². The summed E-state index contributed by atoms with van der Waals surface area (Å²) in [6, 6.07) is 5.83. The van der Waals surface area contributed by atoms with Crippen LogP contribution in [-0.4, -0.2) is 28.3 Å². The molecule has 1 N–H and O–H groups in total. The van der Waals surface area contributed by atoms with E-state index in [4.69, 9.17) is 0 Å². The number of halogens is 1. The van der Waals surface area contributed by atoms with Gasteiger partial charge in [0.05, 0.1) is 28.9 Å². The van der Waals surface area contributed by atoms with Crippen LogP contribution in [0.5, 0.6) is 0 Å². The lowest BCUT2D eigenvalue weighted by molar-refractivity contribution is 0.0950. The van der Waals surface area contributed by atoms with E-state index in [1.807, 2.05) is 0 Å². The summed E-state index contributed by atoms with van der Waals surface area (Å²) in [7, 11) is -3.89. The van der Waals surface area contributed by atoms with Gasteiger partial charge in [-0.15, -0.1) is 0 Å². The molecule has 0 saturated carbocycles. The Morgan fingerprint density at radius 1 is 1.16 bits per heavy atom. The zero-order chi connectivity index (χ0) is 17.9. The van der Waals surface area contributed by atoms with E-state index in [1.165, 1.54) is 49.2 Å². The molecule has 7 nitrogen and oxygen atoms in total. The fourth-order valence-electron chi connectivity index (χ4n) is 2.08. The van der Waals surface area contributed by atoms with E-state index in [0.29, 0.717) is 5.69 Å². The number of carbonyl (C=O) groups is 1. The summed E-state index contributed by atoms with van der Waals surface area (Å²) >= 11 is 0. The molecule has 2 aromatic heterocycles. The average Bonchev–Trinajstić information content (AvgIpc) is 3.12. The predicted molar refractivity (Wildman–Crippen MR) is 86.6 cm³/mol. The molecule has 128 valence electrons. The van der Waals surface area contributed by atoms with Gasteiger partial charge in [0.15, 0.2) is 0 Å². The highest BCUT2D eigenvalue weighted by Gasteiger charge is 2.18. The number of nitrogens with zero attached hydrogens (tertiary/aromatic N) is 3. The van der Waals surface area contributed by atoms with Gasteiger partial charge in [0, 0.05) is 24.8 Å². The van der Waals surface area contributed by atoms with E-state index in [0.717, 1.165) is 16.1 Å². The van der Waals surface area contributed by atoms with Crippen molar-refractivity contribution in [1.29, 1.82) is 0 Å². The summed E-state index contributed by atoms with van der Waals surface area (Å²) in [6.07, 6.45) is 7.00. The monoisotopic (exact) mass is 360 g/mol. The Morgan fingerprint density at radius 2 is 1.92 bits per heavy atom. The fraction of sp³-hybridized carbons (Fsp3) is 0.0625. The Morgan fingerprint density at radius 3 is 2.60 bits per heavy atom. The molecule has 0 aliphatic carbocycles. The Labute approximate surface area is 143 Å². The van der Waals surface area contributed by atoms with Gasteiger partial charge >= 0.3 is 0 Å². The van der Waals surface area contributed by atoms with Crippen molar-refractivity contribution in [3.05, 3.63) is 78.4 Å². The third-order valence-electron chi connectivity index (χ3n) is 3.37. The lowest BCUT2D eigenvalue weighted by Gasteiger charge is -2.05. The Balaban J connectivity index is 1.75. The maximum Gasteiger partial charge on any atom is 0.267 e. The van der Waals surface area contributed by atoms with Crippen molar-refractivity contribution in [3.8, 4) is 0 Å². The van der Waals surface area contributed by atoms with Gasteiger partial charge in [0.2, 0.25) is 0 Å². The molecular formula is C16H13FN4O3S. The van der Waals surface area contributed by atoms with Crippen molar-refractivity contribution in [2.45, 2.75) is 11.4 Å². The fourth-order valence-corrected chi connectivity index (χ4v) is 3.28. The summed E-state index contributed by atoms with van der Waals surface area (Å²) in [6.45, 7) is 0.169. The highest BCUT2D eigenvalue weighted by molar-refractivity contribution is 7.90. The molecule has 0 spiro atoms. The molecule has 2 heterocycles. The smallest absolute Gasteiger partial charge is 0.267 e. The Hall–Kier alpha value is -3.07. The van der Waals surface area contributed by atoms with E-state index in [9.17, 15) is 17.6 Å². The number of aromatic nitrogens is 3.